The molecule has 3 fully saturated rings. The van der Waals surface area contributed by atoms with Gasteiger partial charge in [0.15, 0.2) is 17.2 Å². The molecule has 0 unspecified atom stereocenters. The molecule has 3 saturated heterocycles. The van der Waals surface area contributed by atoms with Crippen LogP contribution >= 0.6 is 0 Å². The van der Waals surface area contributed by atoms with E-state index in [1.54, 1.807) is 0 Å². The van der Waals surface area contributed by atoms with E-state index in [2.05, 4.69) is 51.3 Å². The molecule has 7 heterocycles. The largest absolute Gasteiger partial charge is 0.432 e. The fourth-order valence-corrected chi connectivity index (χ4v) is 7.32. The Labute approximate surface area is 234 Å². The van der Waals surface area contributed by atoms with Crippen LogP contribution < -0.4 is 10.2 Å². The molecule has 0 radical (unpaired) electrons. The van der Waals surface area contributed by atoms with Crippen LogP contribution in [0.5, 0.6) is 0 Å². The summed E-state index contributed by atoms with van der Waals surface area (Å²) in [4.78, 5) is 22.4. The number of rotatable bonds is 4. The van der Waals surface area contributed by atoms with Crippen molar-refractivity contribution in [3.8, 4) is 11.4 Å². The van der Waals surface area contributed by atoms with Crippen LogP contribution in [0.4, 0.5) is 11.5 Å². The summed E-state index contributed by atoms with van der Waals surface area (Å²) in [5.74, 6) is 1.60. The first-order valence-corrected chi connectivity index (χ1v) is 14.8. The highest BCUT2D eigenvalue weighted by atomic mass is 16.5. The number of piperidine rings is 1. The summed E-state index contributed by atoms with van der Waals surface area (Å²) >= 11 is 0. The fourth-order valence-electron chi connectivity index (χ4n) is 7.32. The number of fused-ring (bicyclic) bond motifs is 4. The van der Waals surface area contributed by atoms with E-state index in [1.165, 1.54) is 49.2 Å². The number of nitrogens with one attached hydrogen (secondary N) is 1. The van der Waals surface area contributed by atoms with Crippen molar-refractivity contribution in [3.63, 3.8) is 0 Å². The van der Waals surface area contributed by atoms with Gasteiger partial charge in [-0.1, -0.05) is 12.1 Å². The summed E-state index contributed by atoms with van der Waals surface area (Å²) < 4.78 is 12.0. The number of furan rings is 1. The molecule has 1 N–H and O–H groups in total. The standard InChI is InChI=1S/C31H37N7O2/c1-36-10-6-31(20-36)7-11-37(12-8-31)19-21-17-24-26-27(40-30(24)33-18-21)29(38-13-15-39-16-14-38)35-28(34-26)23-3-2-4-25-22(23)5-9-32-25/h2-4,17-18,32H,5-16,19-20H2,1H3. The molecule has 0 saturated carbocycles. The Morgan fingerprint density at radius 3 is 2.70 bits per heavy atom. The molecule has 0 aliphatic carbocycles. The highest BCUT2D eigenvalue weighted by molar-refractivity contribution is 6.05. The third-order valence-electron chi connectivity index (χ3n) is 9.58. The molecule has 4 aliphatic rings. The number of hydrogen-bond acceptors (Lipinski definition) is 9. The molecule has 0 atom stereocenters. The molecular weight excluding hydrogens is 502 g/mol. The maximum absolute atomic E-state index is 6.39. The molecule has 0 amide bonds. The van der Waals surface area contributed by atoms with Crippen LogP contribution in [0.2, 0.25) is 0 Å². The van der Waals surface area contributed by atoms with Crippen molar-refractivity contribution in [3.05, 3.63) is 41.6 Å². The van der Waals surface area contributed by atoms with Gasteiger partial charge in [0.2, 0.25) is 5.71 Å². The van der Waals surface area contributed by atoms with E-state index in [0.29, 0.717) is 24.3 Å². The SMILES string of the molecule is CN1CCC2(CCN(Cc3cnc4oc5c(N6CCOCC6)nc(-c6cccc7c6CCN7)nc5c4c3)CC2)C1. The van der Waals surface area contributed by atoms with Crippen molar-refractivity contribution < 1.29 is 9.15 Å². The van der Waals surface area contributed by atoms with Gasteiger partial charge in [-0.3, -0.25) is 4.90 Å². The second kappa shape index (κ2) is 9.68. The lowest BCUT2D eigenvalue weighted by atomic mass is 9.78. The number of morpholine rings is 1. The third kappa shape index (κ3) is 4.22. The quantitative estimate of drug-likeness (QED) is 0.411. The van der Waals surface area contributed by atoms with Crippen molar-refractivity contribution in [2.24, 2.45) is 5.41 Å². The van der Waals surface area contributed by atoms with Crippen molar-refractivity contribution in [1.29, 1.82) is 0 Å². The average Bonchev–Trinajstić information content (AvgIpc) is 3.71. The van der Waals surface area contributed by atoms with Crippen LogP contribution in [-0.2, 0) is 17.7 Å². The van der Waals surface area contributed by atoms with Gasteiger partial charge in [-0.2, -0.15) is 0 Å². The van der Waals surface area contributed by atoms with Crippen LogP contribution in [0, 0.1) is 5.41 Å². The summed E-state index contributed by atoms with van der Waals surface area (Å²) in [5.41, 5.74) is 7.52. The van der Waals surface area contributed by atoms with Gasteiger partial charge in [0.25, 0.3) is 0 Å². The minimum absolute atomic E-state index is 0.532. The Hall–Kier alpha value is -3.27. The van der Waals surface area contributed by atoms with Crippen LogP contribution in [0.3, 0.4) is 0 Å². The lowest BCUT2D eigenvalue weighted by Crippen LogP contribution is -2.40. The molecular formula is C31H37N7O2. The minimum Gasteiger partial charge on any atom is -0.432 e. The second-order valence-electron chi connectivity index (χ2n) is 12.2. The molecule has 208 valence electrons. The number of aromatic nitrogens is 3. The maximum Gasteiger partial charge on any atom is 0.229 e. The van der Waals surface area contributed by atoms with E-state index >= 15 is 0 Å². The number of anilines is 2. The van der Waals surface area contributed by atoms with Crippen molar-refractivity contribution in [2.45, 2.75) is 32.2 Å². The zero-order chi connectivity index (χ0) is 26.7. The predicted octanol–water partition coefficient (Wildman–Crippen LogP) is 4.16. The van der Waals surface area contributed by atoms with E-state index in [0.717, 1.165) is 79.4 Å². The smallest absolute Gasteiger partial charge is 0.229 e. The van der Waals surface area contributed by atoms with Gasteiger partial charge in [-0.15, -0.1) is 0 Å². The van der Waals surface area contributed by atoms with E-state index < -0.39 is 0 Å². The third-order valence-corrected chi connectivity index (χ3v) is 9.58. The molecule has 1 spiro atoms. The molecule has 40 heavy (non-hydrogen) atoms. The molecule has 1 aromatic carbocycles. The van der Waals surface area contributed by atoms with Gasteiger partial charge in [0.05, 0.1) is 18.6 Å². The molecule has 4 aliphatic heterocycles. The Morgan fingerprint density at radius 2 is 1.88 bits per heavy atom. The van der Waals surface area contributed by atoms with E-state index in [-0.39, 0.29) is 0 Å². The summed E-state index contributed by atoms with van der Waals surface area (Å²) in [6.07, 6.45) is 6.89. The van der Waals surface area contributed by atoms with Crippen molar-refractivity contribution >= 4 is 33.7 Å². The number of benzene rings is 1. The summed E-state index contributed by atoms with van der Waals surface area (Å²) in [7, 11) is 2.26. The van der Waals surface area contributed by atoms with Crippen LogP contribution in [0.1, 0.15) is 30.4 Å². The highest BCUT2D eigenvalue weighted by Gasteiger charge is 2.39. The lowest BCUT2D eigenvalue weighted by molar-refractivity contribution is 0.105. The maximum atomic E-state index is 6.39. The van der Waals surface area contributed by atoms with Gasteiger partial charge in [0.1, 0.15) is 5.52 Å². The second-order valence-corrected chi connectivity index (χ2v) is 12.2. The first-order chi connectivity index (χ1) is 19.6. The molecule has 3 aromatic heterocycles. The zero-order valence-corrected chi connectivity index (χ0v) is 23.3. The normalized spacial score (nSPS) is 21.5. The predicted molar refractivity (Wildman–Crippen MR) is 157 cm³/mol. The van der Waals surface area contributed by atoms with Crippen molar-refractivity contribution in [1.82, 2.24) is 24.8 Å². The van der Waals surface area contributed by atoms with Gasteiger partial charge < -0.3 is 24.3 Å². The summed E-state index contributed by atoms with van der Waals surface area (Å²) in [6, 6.07) is 8.63. The number of likely N-dealkylation sites (tertiary alicyclic amines) is 2. The molecule has 9 heteroatoms. The number of nitrogens with zero attached hydrogens (tertiary/aromatic N) is 6. The molecule has 0 bridgehead atoms. The number of hydrogen-bond donors (Lipinski definition) is 1. The number of pyridine rings is 1. The van der Waals surface area contributed by atoms with Gasteiger partial charge in [-0.05, 0) is 81.0 Å². The first-order valence-electron chi connectivity index (χ1n) is 14.8. The Balaban J connectivity index is 1.17. The average molecular weight is 540 g/mol. The topological polar surface area (TPSA) is 82.8 Å². The Kier molecular flexibility index (Phi) is 5.93. The monoisotopic (exact) mass is 539 g/mol. The van der Waals surface area contributed by atoms with E-state index in [4.69, 9.17) is 24.1 Å². The summed E-state index contributed by atoms with van der Waals surface area (Å²) in [6.45, 7) is 9.58. The first kappa shape index (κ1) is 24.5. The Morgan fingerprint density at radius 1 is 1.02 bits per heavy atom. The minimum atomic E-state index is 0.532. The Bertz CT molecular complexity index is 1570. The van der Waals surface area contributed by atoms with E-state index in [1.807, 2.05) is 6.20 Å². The lowest BCUT2D eigenvalue weighted by Gasteiger charge is -2.39. The van der Waals surface area contributed by atoms with Crippen LogP contribution in [0.25, 0.3) is 33.6 Å². The fraction of sp³-hybridized carbons (Fsp3) is 0.516. The molecule has 4 aromatic rings. The van der Waals surface area contributed by atoms with Crippen LogP contribution in [-0.4, -0.2) is 90.8 Å². The van der Waals surface area contributed by atoms with E-state index in [9.17, 15) is 0 Å². The summed E-state index contributed by atoms with van der Waals surface area (Å²) in [5, 5.41) is 4.47. The highest BCUT2D eigenvalue weighted by Crippen LogP contribution is 2.41. The molecule has 9 nitrogen and oxygen atoms in total. The molecule has 8 rings (SSSR count). The zero-order valence-electron chi connectivity index (χ0n) is 23.3. The van der Waals surface area contributed by atoms with Crippen molar-refractivity contribution in [2.75, 3.05) is 76.3 Å². The van der Waals surface area contributed by atoms with Gasteiger partial charge in [0, 0.05) is 50.2 Å². The van der Waals surface area contributed by atoms with Gasteiger partial charge in [-0.25, -0.2) is 15.0 Å². The van der Waals surface area contributed by atoms with Crippen LogP contribution in [0.15, 0.2) is 34.9 Å². The number of ether oxygens (including phenoxy) is 1. The van der Waals surface area contributed by atoms with Gasteiger partial charge >= 0.3 is 0 Å².